The Hall–Kier alpha value is -3.36. The summed E-state index contributed by atoms with van der Waals surface area (Å²) in [6.07, 6.45) is 6.58. The van der Waals surface area contributed by atoms with E-state index < -0.39 is 23.4 Å². The predicted octanol–water partition coefficient (Wildman–Crippen LogP) is 6.22. The number of nitrogens with zero attached hydrogens (tertiary/aromatic N) is 5. The molecule has 0 N–H and O–H groups in total. The second-order valence-electron chi connectivity index (χ2n) is 12.3. The number of carbonyl (C=O) groups excluding carboxylic acids is 2. The lowest BCUT2D eigenvalue weighted by Crippen LogP contribution is -2.47. The first-order valence-electron chi connectivity index (χ1n) is 13.1. The predicted molar refractivity (Wildman–Crippen MR) is 140 cm³/mol. The molecule has 37 heavy (non-hydrogen) atoms. The third-order valence-corrected chi connectivity index (χ3v) is 6.66. The number of benzene rings is 1. The second kappa shape index (κ2) is 9.19. The van der Waals surface area contributed by atoms with E-state index in [9.17, 15) is 9.59 Å². The molecule has 2 aliphatic carbocycles. The number of para-hydroxylation sites is 1. The van der Waals surface area contributed by atoms with Gasteiger partial charge in [-0.25, -0.2) is 19.2 Å². The molecule has 198 valence electrons. The molecule has 3 aromatic rings. The van der Waals surface area contributed by atoms with Crippen LogP contribution in [-0.4, -0.2) is 54.4 Å². The van der Waals surface area contributed by atoms with Crippen LogP contribution >= 0.6 is 0 Å². The van der Waals surface area contributed by atoms with Gasteiger partial charge in [0.1, 0.15) is 16.9 Å². The highest BCUT2D eigenvalue weighted by Crippen LogP contribution is 2.44. The lowest BCUT2D eigenvalue weighted by molar-refractivity contribution is -0.00641. The van der Waals surface area contributed by atoms with Crippen LogP contribution < -0.4 is 0 Å². The zero-order valence-corrected chi connectivity index (χ0v) is 22.6. The van der Waals surface area contributed by atoms with Gasteiger partial charge in [0.25, 0.3) is 0 Å². The summed E-state index contributed by atoms with van der Waals surface area (Å²) in [6.45, 7) is 11.0. The van der Waals surface area contributed by atoms with Crippen molar-refractivity contribution in [1.29, 1.82) is 0 Å². The molecule has 0 aliphatic heterocycles. The molecule has 5 rings (SSSR count). The van der Waals surface area contributed by atoms with Crippen molar-refractivity contribution >= 4 is 23.1 Å². The number of rotatable bonds is 5. The quantitative estimate of drug-likeness (QED) is 0.407. The minimum atomic E-state index is -0.708. The van der Waals surface area contributed by atoms with Gasteiger partial charge in [0.05, 0.1) is 29.6 Å². The Balaban J connectivity index is 1.31. The Kier molecular flexibility index (Phi) is 6.28. The smallest absolute Gasteiger partial charge is 0.419 e. The summed E-state index contributed by atoms with van der Waals surface area (Å²) in [5.74, 6) is 0.623. The van der Waals surface area contributed by atoms with Gasteiger partial charge >= 0.3 is 12.2 Å². The maximum absolute atomic E-state index is 12.9. The van der Waals surface area contributed by atoms with Crippen molar-refractivity contribution in [2.24, 2.45) is 5.92 Å². The minimum absolute atomic E-state index is 0.146. The molecular weight excluding hydrogens is 470 g/mol. The van der Waals surface area contributed by atoms with Crippen molar-refractivity contribution in [3.8, 4) is 5.69 Å². The van der Waals surface area contributed by atoms with Gasteiger partial charge in [0.2, 0.25) is 0 Å². The Labute approximate surface area is 217 Å². The van der Waals surface area contributed by atoms with Gasteiger partial charge in [-0.05, 0) is 79.2 Å². The summed E-state index contributed by atoms with van der Waals surface area (Å²) < 4.78 is 15.1. The van der Waals surface area contributed by atoms with E-state index in [0.717, 1.165) is 52.9 Å². The molecule has 2 amide bonds. The number of imide groups is 1. The normalized spacial score (nSPS) is 19.9. The average molecular weight is 508 g/mol. The summed E-state index contributed by atoms with van der Waals surface area (Å²) in [6, 6.07) is 8.40. The Morgan fingerprint density at radius 3 is 2.22 bits per heavy atom. The molecule has 0 radical (unpaired) electrons. The van der Waals surface area contributed by atoms with E-state index in [1.807, 2.05) is 23.0 Å². The molecule has 2 fully saturated rings. The summed E-state index contributed by atoms with van der Waals surface area (Å²) >= 11 is 0. The number of ether oxygens (including phenoxy) is 2. The summed E-state index contributed by atoms with van der Waals surface area (Å²) in [4.78, 5) is 26.8. The van der Waals surface area contributed by atoms with Gasteiger partial charge in [-0.2, -0.15) is 10.2 Å². The fraction of sp³-hybridized carbons (Fsp3) is 0.571. The molecule has 0 spiro atoms. The highest BCUT2D eigenvalue weighted by Gasteiger charge is 2.39. The summed E-state index contributed by atoms with van der Waals surface area (Å²) in [5.41, 5.74) is 1.79. The monoisotopic (exact) mass is 507 g/mol. The lowest BCUT2D eigenvalue weighted by Gasteiger charge is -2.38. The van der Waals surface area contributed by atoms with E-state index in [1.165, 1.54) is 0 Å². The fourth-order valence-electron chi connectivity index (χ4n) is 4.74. The first kappa shape index (κ1) is 25.3. The molecule has 0 unspecified atom stereocenters. The zero-order chi connectivity index (χ0) is 26.5. The minimum Gasteiger partial charge on any atom is -0.443 e. The van der Waals surface area contributed by atoms with E-state index in [2.05, 4.69) is 28.1 Å². The SMILES string of the molecule is CC(C)(C)OC(=O)N(CC1CC(n2cc(-n3ncc4ccccc43)c(C3CC3)n2)C1)C(=O)OC(C)(C)C. The summed E-state index contributed by atoms with van der Waals surface area (Å²) in [7, 11) is 0. The van der Waals surface area contributed by atoms with Crippen LogP contribution in [0.4, 0.5) is 9.59 Å². The number of aromatic nitrogens is 4. The Bertz CT molecular complexity index is 1270. The topological polar surface area (TPSA) is 91.5 Å². The molecule has 1 aromatic carbocycles. The van der Waals surface area contributed by atoms with E-state index in [-0.39, 0.29) is 18.5 Å². The molecule has 2 aromatic heterocycles. The van der Waals surface area contributed by atoms with Crippen molar-refractivity contribution in [3.05, 3.63) is 42.4 Å². The van der Waals surface area contributed by atoms with Gasteiger partial charge in [-0.1, -0.05) is 18.2 Å². The van der Waals surface area contributed by atoms with Crippen LogP contribution in [0.2, 0.25) is 0 Å². The van der Waals surface area contributed by atoms with E-state index in [0.29, 0.717) is 5.92 Å². The highest BCUT2D eigenvalue weighted by atomic mass is 16.6. The van der Waals surface area contributed by atoms with Crippen molar-refractivity contribution in [2.45, 2.75) is 90.4 Å². The molecule has 2 aliphatic rings. The molecule has 2 heterocycles. The average Bonchev–Trinajstić information content (AvgIpc) is 3.36. The number of fused-ring (bicyclic) bond motifs is 1. The number of hydrogen-bond donors (Lipinski definition) is 0. The van der Waals surface area contributed by atoms with Crippen LogP contribution in [0.1, 0.15) is 84.9 Å². The molecule has 0 saturated heterocycles. The van der Waals surface area contributed by atoms with Crippen LogP contribution in [0.15, 0.2) is 36.7 Å². The van der Waals surface area contributed by atoms with Gasteiger partial charge < -0.3 is 9.47 Å². The van der Waals surface area contributed by atoms with Crippen molar-refractivity contribution in [1.82, 2.24) is 24.5 Å². The first-order chi connectivity index (χ1) is 17.4. The first-order valence-corrected chi connectivity index (χ1v) is 13.1. The van der Waals surface area contributed by atoms with E-state index >= 15 is 0 Å². The number of hydrogen-bond acceptors (Lipinski definition) is 6. The lowest BCUT2D eigenvalue weighted by atomic mass is 9.80. The molecule has 9 nitrogen and oxygen atoms in total. The zero-order valence-electron chi connectivity index (χ0n) is 22.6. The standard InChI is InChI=1S/C28H37N5O4/c1-27(2,3)36-25(34)31(26(35)37-28(4,5)6)16-18-13-21(14-18)32-17-23(24(30-32)19-11-12-19)33-22-10-8-7-9-20(22)15-29-33/h7-10,15,17-19,21H,11-14,16H2,1-6H3. The fourth-order valence-corrected chi connectivity index (χ4v) is 4.74. The molecule has 0 bridgehead atoms. The largest absolute Gasteiger partial charge is 0.443 e. The number of carbonyl (C=O) groups is 2. The second-order valence-corrected chi connectivity index (χ2v) is 12.3. The number of amides is 2. The third kappa shape index (κ3) is 5.65. The van der Waals surface area contributed by atoms with Gasteiger partial charge in [-0.15, -0.1) is 0 Å². The molecule has 9 heteroatoms. The van der Waals surface area contributed by atoms with Crippen molar-refractivity contribution in [3.63, 3.8) is 0 Å². The molecule has 0 atom stereocenters. The maximum Gasteiger partial charge on any atom is 0.419 e. The van der Waals surface area contributed by atoms with Crippen LogP contribution in [0.3, 0.4) is 0 Å². The summed E-state index contributed by atoms with van der Waals surface area (Å²) in [5, 5.41) is 10.8. The van der Waals surface area contributed by atoms with Crippen LogP contribution in [0, 0.1) is 5.92 Å². The molecule has 2 saturated carbocycles. The van der Waals surface area contributed by atoms with Crippen LogP contribution in [0.5, 0.6) is 0 Å². The molecular formula is C28H37N5O4. The van der Waals surface area contributed by atoms with Gasteiger partial charge in [0.15, 0.2) is 0 Å². The van der Waals surface area contributed by atoms with Gasteiger partial charge in [-0.3, -0.25) is 4.68 Å². The van der Waals surface area contributed by atoms with Crippen LogP contribution in [0.25, 0.3) is 16.6 Å². The van der Waals surface area contributed by atoms with Gasteiger partial charge in [0, 0.05) is 17.8 Å². The van der Waals surface area contributed by atoms with Crippen molar-refractivity contribution in [2.75, 3.05) is 6.54 Å². The maximum atomic E-state index is 12.9. The third-order valence-electron chi connectivity index (χ3n) is 6.66. The van der Waals surface area contributed by atoms with E-state index in [4.69, 9.17) is 14.6 Å². The highest BCUT2D eigenvalue weighted by molar-refractivity contribution is 5.88. The van der Waals surface area contributed by atoms with E-state index in [1.54, 1.807) is 41.5 Å². The Morgan fingerprint density at radius 2 is 1.62 bits per heavy atom. The van der Waals surface area contributed by atoms with Crippen molar-refractivity contribution < 1.29 is 19.1 Å². The van der Waals surface area contributed by atoms with Crippen LogP contribution in [-0.2, 0) is 9.47 Å². The Morgan fingerprint density at radius 1 is 1.00 bits per heavy atom.